The summed E-state index contributed by atoms with van der Waals surface area (Å²) in [6.45, 7) is 1.24. The second-order valence-corrected chi connectivity index (χ2v) is 4.92. The zero-order valence-electron chi connectivity index (χ0n) is 9.43. The lowest BCUT2D eigenvalue weighted by atomic mass is 10.1. The molecular formula is C12H15BrN2O2. The number of hydrogen-bond acceptors (Lipinski definition) is 3. The molecule has 1 atom stereocenters. The summed E-state index contributed by atoms with van der Waals surface area (Å²) in [4.78, 5) is 13.5. The molecule has 5 heteroatoms. The molecule has 1 aliphatic heterocycles. The summed E-state index contributed by atoms with van der Waals surface area (Å²) in [6.07, 6.45) is 1.26. The molecular weight excluding hydrogens is 284 g/mol. The second-order valence-electron chi connectivity index (χ2n) is 4.00. The number of halogens is 1. The van der Waals surface area contributed by atoms with Crippen molar-refractivity contribution in [2.45, 2.75) is 18.9 Å². The van der Waals surface area contributed by atoms with Gasteiger partial charge in [-0.05, 0) is 37.2 Å². The van der Waals surface area contributed by atoms with E-state index in [4.69, 9.17) is 10.5 Å². The van der Waals surface area contributed by atoms with E-state index in [9.17, 15) is 4.79 Å². The topological polar surface area (TPSA) is 55.6 Å². The quantitative estimate of drug-likeness (QED) is 0.933. The van der Waals surface area contributed by atoms with Gasteiger partial charge in [0.1, 0.15) is 6.10 Å². The van der Waals surface area contributed by atoms with Gasteiger partial charge in [-0.1, -0.05) is 15.9 Å². The van der Waals surface area contributed by atoms with E-state index in [2.05, 4.69) is 15.9 Å². The molecule has 1 unspecified atom stereocenters. The van der Waals surface area contributed by atoms with E-state index >= 15 is 0 Å². The highest BCUT2D eigenvalue weighted by molar-refractivity contribution is 9.10. The van der Waals surface area contributed by atoms with Crippen LogP contribution in [-0.2, 0) is 4.74 Å². The van der Waals surface area contributed by atoms with Gasteiger partial charge in [-0.3, -0.25) is 4.90 Å². The van der Waals surface area contributed by atoms with Crippen LogP contribution in [0.1, 0.15) is 12.8 Å². The minimum Gasteiger partial charge on any atom is -0.446 e. The molecule has 0 aliphatic carbocycles. The first-order valence-electron chi connectivity index (χ1n) is 5.64. The number of anilines is 1. The molecule has 92 valence electrons. The van der Waals surface area contributed by atoms with Crippen molar-refractivity contribution in [1.82, 2.24) is 0 Å². The number of nitrogens with two attached hydrogens (primary N) is 1. The highest BCUT2D eigenvalue weighted by Crippen LogP contribution is 2.23. The highest BCUT2D eigenvalue weighted by atomic mass is 79.9. The van der Waals surface area contributed by atoms with Crippen LogP contribution in [0.4, 0.5) is 10.5 Å². The Morgan fingerprint density at radius 1 is 1.41 bits per heavy atom. The predicted octanol–water partition coefficient (Wildman–Crippen LogP) is 2.51. The summed E-state index contributed by atoms with van der Waals surface area (Å²) in [5, 5.41) is 0. The molecule has 17 heavy (non-hydrogen) atoms. The first kappa shape index (κ1) is 12.4. The number of cyclic esters (lactones) is 1. The monoisotopic (exact) mass is 298 g/mol. The van der Waals surface area contributed by atoms with E-state index in [1.165, 1.54) is 0 Å². The Balaban J connectivity index is 2.04. The standard InChI is InChI=1S/C12H15BrN2O2/c13-9-1-3-10(4-2-9)15-8-6-11(5-7-14)17-12(15)16/h1-4,11H,5-8,14H2. The summed E-state index contributed by atoms with van der Waals surface area (Å²) in [7, 11) is 0. The molecule has 0 radical (unpaired) electrons. The molecule has 1 aromatic rings. The molecule has 1 aliphatic rings. The number of carbonyl (C=O) groups is 1. The molecule has 1 aromatic carbocycles. The lowest BCUT2D eigenvalue weighted by Gasteiger charge is -2.31. The van der Waals surface area contributed by atoms with E-state index in [0.29, 0.717) is 13.1 Å². The molecule has 1 amide bonds. The second kappa shape index (κ2) is 5.51. The van der Waals surface area contributed by atoms with E-state index in [0.717, 1.165) is 23.0 Å². The summed E-state index contributed by atoms with van der Waals surface area (Å²) < 4.78 is 6.31. The van der Waals surface area contributed by atoms with Gasteiger partial charge in [0.05, 0.1) is 0 Å². The van der Waals surface area contributed by atoms with Crippen molar-refractivity contribution in [1.29, 1.82) is 0 Å². The molecule has 0 aromatic heterocycles. The van der Waals surface area contributed by atoms with E-state index < -0.39 is 0 Å². The highest BCUT2D eigenvalue weighted by Gasteiger charge is 2.27. The fourth-order valence-corrected chi connectivity index (χ4v) is 2.14. The number of hydrogen-bond donors (Lipinski definition) is 1. The summed E-state index contributed by atoms with van der Waals surface area (Å²) >= 11 is 3.37. The number of benzene rings is 1. The van der Waals surface area contributed by atoms with Crippen LogP contribution in [0.15, 0.2) is 28.7 Å². The van der Waals surface area contributed by atoms with Crippen molar-refractivity contribution >= 4 is 27.7 Å². The Bertz CT molecular complexity index is 394. The first-order valence-corrected chi connectivity index (χ1v) is 6.44. The molecule has 1 fully saturated rings. The van der Waals surface area contributed by atoms with Gasteiger partial charge < -0.3 is 10.5 Å². The van der Waals surface area contributed by atoms with Crippen molar-refractivity contribution in [3.8, 4) is 0 Å². The number of nitrogens with zero attached hydrogens (tertiary/aromatic N) is 1. The zero-order valence-corrected chi connectivity index (χ0v) is 11.0. The van der Waals surface area contributed by atoms with Crippen molar-refractivity contribution < 1.29 is 9.53 Å². The third kappa shape index (κ3) is 2.98. The van der Waals surface area contributed by atoms with Gasteiger partial charge in [0.15, 0.2) is 0 Å². The van der Waals surface area contributed by atoms with Crippen LogP contribution in [0, 0.1) is 0 Å². The van der Waals surface area contributed by atoms with Gasteiger partial charge in [-0.15, -0.1) is 0 Å². The molecule has 2 rings (SSSR count). The number of amides is 1. The number of rotatable bonds is 3. The fourth-order valence-electron chi connectivity index (χ4n) is 1.87. The Labute approximate surface area is 109 Å². The summed E-state index contributed by atoms with van der Waals surface area (Å²) in [6, 6.07) is 7.62. The van der Waals surface area contributed by atoms with Gasteiger partial charge in [0.2, 0.25) is 0 Å². The van der Waals surface area contributed by atoms with E-state index in [-0.39, 0.29) is 12.2 Å². The first-order chi connectivity index (χ1) is 8.20. The van der Waals surface area contributed by atoms with Crippen molar-refractivity contribution in [3.05, 3.63) is 28.7 Å². The molecule has 4 nitrogen and oxygen atoms in total. The third-order valence-electron chi connectivity index (χ3n) is 2.79. The van der Waals surface area contributed by atoms with Crippen molar-refractivity contribution in [2.75, 3.05) is 18.0 Å². The van der Waals surface area contributed by atoms with Gasteiger partial charge >= 0.3 is 6.09 Å². The minimum atomic E-state index is -0.281. The normalized spacial score (nSPS) is 20.2. The molecule has 0 bridgehead atoms. The van der Waals surface area contributed by atoms with Gasteiger partial charge in [0.25, 0.3) is 0 Å². The van der Waals surface area contributed by atoms with Crippen molar-refractivity contribution in [2.24, 2.45) is 5.73 Å². The molecule has 2 N–H and O–H groups in total. The zero-order chi connectivity index (χ0) is 12.3. The van der Waals surface area contributed by atoms with Crippen LogP contribution in [0.3, 0.4) is 0 Å². The van der Waals surface area contributed by atoms with Crippen LogP contribution in [0.25, 0.3) is 0 Å². The van der Waals surface area contributed by atoms with Gasteiger partial charge in [-0.25, -0.2) is 4.79 Å². The Kier molecular flexibility index (Phi) is 4.02. The SMILES string of the molecule is NCCC1CCN(c2ccc(Br)cc2)C(=O)O1. The van der Waals surface area contributed by atoms with Crippen LogP contribution < -0.4 is 10.6 Å². The average Bonchev–Trinajstić information content (AvgIpc) is 2.31. The summed E-state index contributed by atoms with van der Waals surface area (Å²) in [5.74, 6) is 0. The maximum atomic E-state index is 11.8. The molecule has 0 spiro atoms. The maximum absolute atomic E-state index is 11.8. The van der Waals surface area contributed by atoms with E-state index in [1.807, 2.05) is 24.3 Å². The average molecular weight is 299 g/mol. The van der Waals surface area contributed by atoms with Gasteiger partial charge in [0, 0.05) is 23.1 Å². The maximum Gasteiger partial charge on any atom is 0.414 e. The number of ether oxygens (including phenoxy) is 1. The minimum absolute atomic E-state index is 0.0285. The Morgan fingerprint density at radius 3 is 2.71 bits per heavy atom. The smallest absolute Gasteiger partial charge is 0.414 e. The summed E-state index contributed by atoms with van der Waals surface area (Å²) in [5.41, 5.74) is 6.32. The molecule has 0 saturated carbocycles. The lowest BCUT2D eigenvalue weighted by molar-refractivity contribution is 0.0807. The van der Waals surface area contributed by atoms with E-state index in [1.54, 1.807) is 4.90 Å². The van der Waals surface area contributed by atoms with Crippen LogP contribution in [0.2, 0.25) is 0 Å². The van der Waals surface area contributed by atoms with Gasteiger partial charge in [-0.2, -0.15) is 0 Å². The Hall–Kier alpha value is -1.07. The van der Waals surface area contributed by atoms with Crippen LogP contribution >= 0.6 is 15.9 Å². The molecule has 1 heterocycles. The third-order valence-corrected chi connectivity index (χ3v) is 3.32. The number of carbonyl (C=O) groups excluding carboxylic acids is 1. The Morgan fingerprint density at radius 2 is 2.12 bits per heavy atom. The predicted molar refractivity (Wildman–Crippen MR) is 70.0 cm³/mol. The lowest BCUT2D eigenvalue weighted by Crippen LogP contribution is -2.42. The van der Waals surface area contributed by atoms with Crippen LogP contribution in [-0.4, -0.2) is 25.3 Å². The molecule has 1 saturated heterocycles. The fraction of sp³-hybridized carbons (Fsp3) is 0.417. The van der Waals surface area contributed by atoms with Crippen molar-refractivity contribution in [3.63, 3.8) is 0 Å². The van der Waals surface area contributed by atoms with Crippen LogP contribution in [0.5, 0.6) is 0 Å². The largest absolute Gasteiger partial charge is 0.446 e.